The number of piperazine rings is 2. The molecule has 2 aromatic rings. The van der Waals surface area contributed by atoms with Crippen LogP contribution in [0, 0.1) is 0 Å². The molecule has 0 aliphatic carbocycles. The number of unbranched alkanes of at least 4 members (excludes halogenated alkanes) is 3. The zero-order chi connectivity index (χ0) is 26.7. The average Bonchev–Trinajstić information content (AvgIpc) is 2.92. The monoisotopic (exact) mass is 524 g/mol. The van der Waals surface area contributed by atoms with Gasteiger partial charge in [0.2, 0.25) is 0 Å². The molecule has 0 radical (unpaired) electrons. The summed E-state index contributed by atoms with van der Waals surface area (Å²) in [5, 5.41) is 21.1. The second-order valence-electron chi connectivity index (χ2n) is 11.0. The lowest BCUT2D eigenvalue weighted by Gasteiger charge is -2.37. The molecule has 2 aliphatic heterocycles. The molecule has 2 heterocycles. The third-order valence-corrected chi connectivity index (χ3v) is 8.06. The summed E-state index contributed by atoms with van der Waals surface area (Å²) in [6.07, 6.45) is 5.49. The van der Waals surface area contributed by atoms with Crippen LogP contribution in [0.5, 0.6) is 0 Å². The first-order chi connectivity index (χ1) is 18.5. The first-order valence-electron chi connectivity index (χ1n) is 14.5. The maximum atomic E-state index is 10.5. The second kappa shape index (κ2) is 14.6. The van der Waals surface area contributed by atoms with Crippen LogP contribution in [0.15, 0.2) is 48.5 Å². The summed E-state index contributed by atoms with van der Waals surface area (Å²) in [4.78, 5) is 9.41. The smallest absolute Gasteiger partial charge is 0.0667 e. The minimum Gasteiger partial charge on any atom is -0.397 e. The third-order valence-electron chi connectivity index (χ3n) is 8.06. The molecule has 8 heteroatoms. The Kier molecular flexibility index (Phi) is 10.9. The van der Waals surface area contributed by atoms with E-state index < -0.39 is 0 Å². The number of hydrogen-bond donors (Lipinski definition) is 4. The number of benzene rings is 2. The zero-order valence-electron chi connectivity index (χ0n) is 22.9. The highest BCUT2D eigenvalue weighted by molar-refractivity contribution is 5.68. The van der Waals surface area contributed by atoms with E-state index in [-0.39, 0.29) is 12.2 Å². The van der Waals surface area contributed by atoms with Gasteiger partial charge in [0.1, 0.15) is 0 Å². The van der Waals surface area contributed by atoms with Crippen LogP contribution in [0.2, 0.25) is 0 Å². The Morgan fingerprint density at radius 3 is 1.29 bits per heavy atom. The van der Waals surface area contributed by atoms with Crippen molar-refractivity contribution in [3.05, 3.63) is 48.5 Å². The second-order valence-corrected chi connectivity index (χ2v) is 11.0. The molecule has 0 bridgehead atoms. The summed E-state index contributed by atoms with van der Waals surface area (Å²) in [6.45, 7) is 9.11. The molecule has 2 atom stereocenters. The summed E-state index contributed by atoms with van der Waals surface area (Å²) in [6, 6.07) is 16.1. The Hall–Kier alpha value is -2.52. The lowest BCUT2D eigenvalue weighted by molar-refractivity contribution is 0.0962. The van der Waals surface area contributed by atoms with Crippen molar-refractivity contribution in [2.75, 3.05) is 86.7 Å². The molecular weight excluding hydrogens is 476 g/mol. The molecule has 0 saturated carbocycles. The van der Waals surface area contributed by atoms with Gasteiger partial charge < -0.3 is 31.5 Å². The van der Waals surface area contributed by atoms with Gasteiger partial charge in [0.05, 0.1) is 35.0 Å². The SMILES string of the molecule is Nc1ccccc1N1CCN(CC(O)CCCCCCC(O)CN2CCN(c3ccccc3N)CC2)CC1. The lowest BCUT2D eigenvalue weighted by Crippen LogP contribution is -2.48. The summed E-state index contributed by atoms with van der Waals surface area (Å²) in [7, 11) is 0. The highest BCUT2D eigenvalue weighted by Gasteiger charge is 2.21. The predicted octanol–water partition coefficient (Wildman–Crippen LogP) is 2.86. The molecule has 0 amide bonds. The number of anilines is 4. The van der Waals surface area contributed by atoms with Crippen molar-refractivity contribution in [3.8, 4) is 0 Å². The van der Waals surface area contributed by atoms with Gasteiger partial charge in [0, 0.05) is 65.4 Å². The van der Waals surface area contributed by atoms with E-state index in [1.165, 1.54) is 0 Å². The molecule has 210 valence electrons. The highest BCUT2D eigenvalue weighted by atomic mass is 16.3. The van der Waals surface area contributed by atoms with Gasteiger partial charge in [-0.3, -0.25) is 9.80 Å². The quantitative estimate of drug-likeness (QED) is 0.234. The molecular formula is C30H48N6O2. The molecule has 38 heavy (non-hydrogen) atoms. The third kappa shape index (κ3) is 8.50. The van der Waals surface area contributed by atoms with Crippen LogP contribution in [-0.4, -0.2) is 97.7 Å². The van der Waals surface area contributed by atoms with E-state index in [9.17, 15) is 10.2 Å². The molecule has 2 aliphatic rings. The first kappa shape index (κ1) is 28.5. The van der Waals surface area contributed by atoms with E-state index in [1.807, 2.05) is 36.4 Å². The van der Waals surface area contributed by atoms with Crippen LogP contribution in [-0.2, 0) is 0 Å². The van der Waals surface area contributed by atoms with E-state index in [0.29, 0.717) is 0 Å². The summed E-state index contributed by atoms with van der Waals surface area (Å²) in [5.74, 6) is 0. The minimum atomic E-state index is -0.265. The molecule has 2 unspecified atom stereocenters. The molecule has 0 aromatic heterocycles. The van der Waals surface area contributed by atoms with Crippen molar-refractivity contribution in [3.63, 3.8) is 0 Å². The van der Waals surface area contributed by atoms with Crippen LogP contribution in [0.4, 0.5) is 22.7 Å². The topological polar surface area (TPSA) is 105 Å². The fourth-order valence-corrected chi connectivity index (χ4v) is 5.79. The minimum absolute atomic E-state index is 0.265. The van der Waals surface area contributed by atoms with Crippen molar-refractivity contribution in [1.29, 1.82) is 0 Å². The van der Waals surface area contributed by atoms with E-state index >= 15 is 0 Å². The van der Waals surface area contributed by atoms with Crippen LogP contribution in [0.25, 0.3) is 0 Å². The first-order valence-corrected chi connectivity index (χ1v) is 14.5. The number of nitrogens with two attached hydrogens (primary N) is 2. The summed E-state index contributed by atoms with van der Waals surface area (Å²) >= 11 is 0. The van der Waals surface area contributed by atoms with Crippen LogP contribution >= 0.6 is 0 Å². The van der Waals surface area contributed by atoms with Gasteiger partial charge in [-0.25, -0.2) is 0 Å². The van der Waals surface area contributed by atoms with Gasteiger partial charge in [0.15, 0.2) is 0 Å². The van der Waals surface area contributed by atoms with Crippen molar-refractivity contribution < 1.29 is 10.2 Å². The number of hydrogen-bond acceptors (Lipinski definition) is 8. The Morgan fingerprint density at radius 1 is 0.553 bits per heavy atom. The predicted molar refractivity (Wildman–Crippen MR) is 159 cm³/mol. The van der Waals surface area contributed by atoms with Gasteiger partial charge in [-0.1, -0.05) is 49.9 Å². The number of β-amino-alcohol motifs (C(OH)–C–C–N with tert-alkyl or cyclic N) is 2. The Labute approximate surface area is 228 Å². The fraction of sp³-hybridized carbons (Fsp3) is 0.600. The lowest BCUT2D eigenvalue weighted by atomic mass is 10.0. The molecule has 6 N–H and O–H groups in total. The molecule has 0 spiro atoms. The standard InChI is InChI=1S/C30H48N6O2/c31-27-11-5-7-13-29(27)35-19-15-33(16-20-35)23-25(37)9-3-1-2-4-10-26(38)24-34-17-21-36(22-18-34)30-14-8-6-12-28(30)32/h5-8,11-14,25-26,37-38H,1-4,9-10,15-24,31-32H2. The highest BCUT2D eigenvalue weighted by Crippen LogP contribution is 2.25. The normalized spacial score (nSPS) is 19.0. The van der Waals surface area contributed by atoms with Gasteiger partial charge in [0.25, 0.3) is 0 Å². The summed E-state index contributed by atoms with van der Waals surface area (Å²) < 4.78 is 0. The van der Waals surface area contributed by atoms with Crippen LogP contribution in [0.1, 0.15) is 38.5 Å². The van der Waals surface area contributed by atoms with E-state index in [4.69, 9.17) is 11.5 Å². The van der Waals surface area contributed by atoms with Crippen molar-refractivity contribution >= 4 is 22.7 Å². The van der Waals surface area contributed by atoms with E-state index in [1.54, 1.807) is 0 Å². The number of para-hydroxylation sites is 4. The number of nitrogens with zero attached hydrogens (tertiary/aromatic N) is 4. The van der Waals surface area contributed by atoms with Gasteiger partial charge in [-0.2, -0.15) is 0 Å². The Morgan fingerprint density at radius 2 is 0.921 bits per heavy atom. The van der Waals surface area contributed by atoms with Crippen molar-refractivity contribution in [2.24, 2.45) is 0 Å². The number of rotatable bonds is 13. The number of aliphatic hydroxyl groups is 2. The maximum absolute atomic E-state index is 10.5. The number of nitrogen functional groups attached to an aromatic ring is 2. The molecule has 8 nitrogen and oxygen atoms in total. The average molecular weight is 525 g/mol. The Balaban J connectivity index is 1.01. The molecule has 2 saturated heterocycles. The maximum Gasteiger partial charge on any atom is 0.0667 e. The molecule has 2 aromatic carbocycles. The van der Waals surface area contributed by atoms with Crippen molar-refractivity contribution in [1.82, 2.24) is 9.80 Å². The van der Waals surface area contributed by atoms with Crippen LogP contribution in [0.3, 0.4) is 0 Å². The summed E-state index contributed by atoms with van der Waals surface area (Å²) in [5.41, 5.74) is 16.2. The fourth-order valence-electron chi connectivity index (χ4n) is 5.79. The van der Waals surface area contributed by atoms with Gasteiger partial charge in [-0.05, 0) is 37.1 Å². The van der Waals surface area contributed by atoms with Gasteiger partial charge >= 0.3 is 0 Å². The van der Waals surface area contributed by atoms with E-state index in [0.717, 1.165) is 127 Å². The van der Waals surface area contributed by atoms with Crippen LogP contribution < -0.4 is 21.3 Å². The number of aliphatic hydroxyl groups excluding tert-OH is 2. The largest absolute Gasteiger partial charge is 0.397 e. The van der Waals surface area contributed by atoms with E-state index in [2.05, 4.69) is 31.7 Å². The Bertz CT molecular complexity index is 882. The molecule has 4 rings (SSSR count). The zero-order valence-corrected chi connectivity index (χ0v) is 22.9. The molecule has 2 fully saturated rings. The van der Waals surface area contributed by atoms with Crippen molar-refractivity contribution in [2.45, 2.75) is 50.7 Å². The van der Waals surface area contributed by atoms with Gasteiger partial charge in [-0.15, -0.1) is 0 Å².